The Labute approximate surface area is 299 Å². The molecule has 2 aliphatic heterocycles. The molecule has 0 N–H and O–H groups in total. The summed E-state index contributed by atoms with van der Waals surface area (Å²) in [6.07, 6.45) is 25.7. The zero-order chi connectivity index (χ0) is 33.1. The fourth-order valence-electron chi connectivity index (χ4n) is 10.4. The minimum absolute atomic E-state index is 0.767. The summed E-state index contributed by atoms with van der Waals surface area (Å²) in [5.74, 6) is 5.50. The van der Waals surface area contributed by atoms with Crippen LogP contribution < -0.4 is 9.47 Å². The smallest absolute Gasteiger partial charge is 0.119 e. The van der Waals surface area contributed by atoms with Crippen molar-refractivity contribution in [3.63, 3.8) is 0 Å². The summed E-state index contributed by atoms with van der Waals surface area (Å²) >= 11 is 0. The fraction of sp³-hybridized carbons (Fsp3) is 0.689. The van der Waals surface area contributed by atoms with Gasteiger partial charge in [0, 0.05) is 0 Å². The van der Waals surface area contributed by atoms with Crippen molar-refractivity contribution in [1.82, 2.24) is 9.80 Å². The number of hydrogen-bond acceptors (Lipinski definition) is 4. The first-order valence-electron chi connectivity index (χ1n) is 20.9. The quantitative estimate of drug-likeness (QED) is 0.148. The van der Waals surface area contributed by atoms with Crippen molar-refractivity contribution in [2.24, 2.45) is 23.7 Å². The molecule has 0 amide bonds. The molecular formula is C45H66N2O2. The number of nitrogens with zero attached hydrogens (tertiary/aromatic N) is 2. The van der Waals surface area contributed by atoms with E-state index in [4.69, 9.17) is 9.47 Å². The highest BCUT2D eigenvalue weighted by molar-refractivity contribution is 5.83. The van der Waals surface area contributed by atoms with E-state index in [0.29, 0.717) is 0 Å². The maximum absolute atomic E-state index is 6.25. The number of allylic oxidation sites excluding steroid dienone is 1. The van der Waals surface area contributed by atoms with Gasteiger partial charge in [-0.1, -0.05) is 68.4 Å². The maximum Gasteiger partial charge on any atom is 0.119 e. The number of likely N-dealkylation sites (tertiary alicyclic amines) is 2. The Morgan fingerprint density at radius 2 is 0.878 bits per heavy atom. The zero-order valence-electron chi connectivity index (χ0n) is 30.7. The van der Waals surface area contributed by atoms with Crippen LogP contribution in [0.25, 0.3) is 5.57 Å². The molecule has 2 aromatic carbocycles. The van der Waals surface area contributed by atoms with Crippen molar-refractivity contribution in [3.8, 4) is 11.5 Å². The highest BCUT2D eigenvalue weighted by Gasteiger charge is 2.46. The van der Waals surface area contributed by atoms with Crippen LogP contribution in [0.4, 0.5) is 0 Å². The van der Waals surface area contributed by atoms with Crippen LogP contribution in [0.5, 0.6) is 11.5 Å². The molecule has 8 rings (SSSR count). The topological polar surface area (TPSA) is 24.9 Å². The Bertz CT molecular complexity index is 1180. The van der Waals surface area contributed by atoms with Crippen LogP contribution in [0, 0.1) is 23.7 Å². The Hall–Kier alpha value is -2.30. The van der Waals surface area contributed by atoms with E-state index in [1.165, 1.54) is 165 Å². The number of unbranched alkanes of at least 4 members (excludes halogenated alkanes) is 6. The first-order valence-corrected chi connectivity index (χ1v) is 20.9. The lowest BCUT2D eigenvalue weighted by Crippen LogP contribution is -2.40. The van der Waals surface area contributed by atoms with Crippen molar-refractivity contribution in [2.45, 2.75) is 122 Å². The highest BCUT2D eigenvalue weighted by atomic mass is 16.5. The molecule has 0 atom stereocenters. The number of benzene rings is 2. The average Bonchev–Trinajstić information content (AvgIpc) is 3.14. The lowest BCUT2D eigenvalue weighted by atomic mass is 9.53. The van der Waals surface area contributed by atoms with E-state index in [2.05, 4.69) is 58.3 Å². The minimum atomic E-state index is 0.767. The second-order valence-electron chi connectivity index (χ2n) is 16.5. The van der Waals surface area contributed by atoms with Crippen molar-refractivity contribution >= 4 is 5.57 Å². The Morgan fingerprint density at radius 3 is 1.31 bits per heavy atom. The van der Waals surface area contributed by atoms with E-state index in [1.807, 2.05) is 0 Å². The largest absolute Gasteiger partial charge is 0.494 e. The number of ether oxygens (including phenoxy) is 2. The van der Waals surface area contributed by atoms with Crippen molar-refractivity contribution in [3.05, 3.63) is 65.2 Å². The molecule has 0 aromatic heterocycles. The van der Waals surface area contributed by atoms with Gasteiger partial charge >= 0.3 is 0 Å². The first-order chi connectivity index (χ1) is 24.3. The van der Waals surface area contributed by atoms with Crippen LogP contribution >= 0.6 is 0 Å². The second-order valence-corrected chi connectivity index (χ2v) is 16.5. The van der Waals surface area contributed by atoms with Crippen LogP contribution in [0.2, 0.25) is 0 Å². The van der Waals surface area contributed by atoms with Gasteiger partial charge in [0.1, 0.15) is 11.5 Å². The standard InChI is InChI=1S/C45H66N2O2/c1(7-23-46-25-9-5-10-26-46)3-13-29-48-42-19-15-38(16-20-42)44(45-40-32-36-31-37(34-40)35-41(45)33-36)39-17-21-43(22-18-39)49-30-14-4-2-8-24-47-27-11-6-12-28-47/h15-22,36-37,40-41H,1-14,23-35H2/t36-,37+,40?,41?. The predicted molar refractivity (Wildman–Crippen MR) is 204 cm³/mol. The van der Waals surface area contributed by atoms with Gasteiger partial charge in [-0.15, -0.1) is 0 Å². The van der Waals surface area contributed by atoms with Gasteiger partial charge in [0.15, 0.2) is 0 Å². The molecule has 4 nitrogen and oxygen atoms in total. The molecule has 0 unspecified atom stereocenters. The SMILES string of the molecule is c1cc(C(=C2C3C[C@H]4CC2C[C@@H](C3)C4)c2ccc(OCCCCCCN3CCCCC3)cc2)ccc1OCCCCCCN1CCCCC1. The monoisotopic (exact) mass is 667 g/mol. The summed E-state index contributed by atoms with van der Waals surface area (Å²) in [5, 5.41) is 0. The van der Waals surface area contributed by atoms with Crippen LogP contribution in [0.1, 0.15) is 133 Å². The number of rotatable bonds is 18. The van der Waals surface area contributed by atoms with Gasteiger partial charge in [0.2, 0.25) is 0 Å². The van der Waals surface area contributed by atoms with Gasteiger partial charge in [0.05, 0.1) is 13.2 Å². The first kappa shape index (κ1) is 35.1. The predicted octanol–water partition coefficient (Wildman–Crippen LogP) is 10.8. The van der Waals surface area contributed by atoms with Crippen molar-refractivity contribution in [1.29, 1.82) is 0 Å². The molecule has 2 aromatic rings. The molecule has 0 radical (unpaired) electrons. The molecule has 4 heteroatoms. The Balaban J connectivity index is 0.914. The van der Waals surface area contributed by atoms with E-state index in [0.717, 1.165) is 61.2 Å². The van der Waals surface area contributed by atoms with Gasteiger partial charge in [-0.3, -0.25) is 0 Å². The fourth-order valence-corrected chi connectivity index (χ4v) is 10.4. The lowest BCUT2D eigenvalue weighted by Gasteiger charge is -2.52. The molecule has 4 bridgehead atoms. The summed E-state index contributed by atoms with van der Waals surface area (Å²) < 4.78 is 12.5. The summed E-state index contributed by atoms with van der Waals surface area (Å²) in [6, 6.07) is 18.3. The molecule has 0 spiro atoms. The summed E-state index contributed by atoms with van der Waals surface area (Å²) in [4.78, 5) is 5.33. The molecule has 49 heavy (non-hydrogen) atoms. The Morgan fingerprint density at radius 1 is 0.469 bits per heavy atom. The second kappa shape index (κ2) is 18.3. The molecule has 4 saturated carbocycles. The normalized spacial score (nSPS) is 25.5. The van der Waals surface area contributed by atoms with Gasteiger partial charge in [-0.25, -0.2) is 0 Å². The van der Waals surface area contributed by atoms with Gasteiger partial charge < -0.3 is 19.3 Å². The van der Waals surface area contributed by atoms with E-state index in [9.17, 15) is 0 Å². The van der Waals surface area contributed by atoms with Gasteiger partial charge in [-0.2, -0.15) is 0 Å². The molecular weight excluding hydrogens is 601 g/mol. The minimum Gasteiger partial charge on any atom is -0.494 e. The Kier molecular flexibility index (Phi) is 13.1. The third kappa shape index (κ3) is 9.94. The molecule has 2 heterocycles. The third-order valence-electron chi connectivity index (χ3n) is 12.8. The van der Waals surface area contributed by atoms with E-state index in [1.54, 1.807) is 5.57 Å². The number of hydrogen-bond donors (Lipinski definition) is 0. The van der Waals surface area contributed by atoms with Gasteiger partial charge in [0.25, 0.3) is 0 Å². The maximum atomic E-state index is 6.25. The molecule has 2 saturated heterocycles. The van der Waals surface area contributed by atoms with Crippen LogP contribution in [0.15, 0.2) is 54.1 Å². The molecule has 4 aliphatic carbocycles. The van der Waals surface area contributed by atoms with Crippen LogP contribution in [-0.2, 0) is 0 Å². The van der Waals surface area contributed by atoms with Crippen LogP contribution in [0.3, 0.4) is 0 Å². The van der Waals surface area contributed by atoms with Crippen molar-refractivity contribution in [2.75, 3.05) is 52.5 Å². The summed E-state index contributed by atoms with van der Waals surface area (Å²) in [6.45, 7) is 9.50. The van der Waals surface area contributed by atoms with E-state index >= 15 is 0 Å². The molecule has 6 aliphatic rings. The molecule has 6 fully saturated rings. The van der Waals surface area contributed by atoms with Gasteiger partial charge in [-0.05, 0) is 187 Å². The summed E-state index contributed by atoms with van der Waals surface area (Å²) in [7, 11) is 0. The van der Waals surface area contributed by atoms with E-state index < -0.39 is 0 Å². The molecule has 268 valence electrons. The summed E-state index contributed by atoms with van der Waals surface area (Å²) in [5.41, 5.74) is 6.01. The van der Waals surface area contributed by atoms with E-state index in [-0.39, 0.29) is 0 Å². The van der Waals surface area contributed by atoms with Crippen molar-refractivity contribution < 1.29 is 9.47 Å². The average molecular weight is 667 g/mol. The highest BCUT2D eigenvalue weighted by Crippen LogP contribution is 2.58. The third-order valence-corrected chi connectivity index (χ3v) is 12.8. The lowest BCUT2D eigenvalue weighted by molar-refractivity contribution is 0.0705. The zero-order valence-corrected chi connectivity index (χ0v) is 30.7. The van der Waals surface area contributed by atoms with Crippen LogP contribution in [-0.4, -0.2) is 62.3 Å². The number of piperidine rings is 2.